The number of rotatable bonds is 3. The molecule has 1 aromatic carbocycles. The number of thiophene rings is 1. The number of benzene rings is 1. The van der Waals surface area contributed by atoms with Crippen molar-refractivity contribution < 1.29 is 5.11 Å². The van der Waals surface area contributed by atoms with Crippen LogP contribution in [0.1, 0.15) is 4.88 Å². The molecule has 0 radical (unpaired) electrons. The summed E-state index contributed by atoms with van der Waals surface area (Å²) in [5.74, 6) is 1.20. The quantitative estimate of drug-likeness (QED) is 0.822. The van der Waals surface area contributed by atoms with Crippen molar-refractivity contribution in [2.24, 2.45) is 0 Å². The fourth-order valence-corrected chi connectivity index (χ4v) is 3.24. The van der Waals surface area contributed by atoms with E-state index in [1.807, 2.05) is 24.3 Å². The molecule has 0 amide bonds. The molecule has 0 saturated carbocycles. The highest BCUT2D eigenvalue weighted by molar-refractivity contribution is 7.98. The third-order valence-electron chi connectivity index (χ3n) is 1.83. The highest BCUT2D eigenvalue weighted by atomic mass is 35.5. The molecule has 15 heavy (non-hydrogen) atoms. The zero-order chi connectivity index (χ0) is 10.7. The molecule has 0 aliphatic carbocycles. The third kappa shape index (κ3) is 3.16. The summed E-state index contributed by atoms with van der Waals surface area (Å²) in [7, 11) is 0. The van der Waals surface area contributed by atoms with Crippen LogP contribution in [0.4, 0.5) is 0 Å². The first-order valence-corrected chi connectivity index (χ1v) is 6.58. The predicted molar refractivity (Wildman–Crippen MR) is 67.0 cm³/mol. The second kappa shape index (κ2) is 4.92. The summed E-state index contributed by atoms with van der Waals surface area (Å²) in [5, 5.41) is 9.28. The van der Waals surface area contributed by atoms with Crippen molar-refractivity contribution in [2.45, 2.75) is 10.6 Å². The van der Waals surface area contributed by atoms with E-state index in [9.17, 15) is 5.11 Å². The van der Waals surface area contributed by atoms with Crippen LogP contribution in [0, 0.1) is 0 Å². The van der Waals surface area contributed by atoms with E-state index in [0.29, 0.717) is 5.75 Å². The highest BCUT2D eigenvalue weighted by Crippen LogP contribution is 2.30. The van der Waals surface area contributed by atoms with E-state index in [-0.39, 0.29) is 0 Å². The second-order valence-corrected chi connectivity index (χ2v) is 5.84. The largest absolute Gasteiger partial charge is 0.508 e. The van der Waals surface area contributed by atoms with E-state index in [1.54, 1.807) is 35.2 Å². The zero-order valence-electron chi connectivity index (χ0n) is 7.81. The van der Waals surface area contributed by atoms with Gasteiger partial charge in [-0.3, -0.25) is 0 Å². The number of hydrogen-bond donors (Lipinski definition) is 1. The van der Waals surface area contributed by atoms with E-state index in [1.165, 1.54) is 4.88 Å². The Kier molecular flexibility index (Phi) is 3.57. The average molecular weight is 257 g/mol. The van der Waals surface area contributed by atoms with Gasteiger partial charge >= 0.3 is 0 Å². The van der Waals surface area contributed by atoms with Crippen molar-refractivity contribution >= 4 is 34.7 Å². The van der Waals surface area contributed by atoms with E-state index in [2.05, 4.69) is 0 Å². The lowest BCUT2D eigenvalue weighted by Crippen LogP contribution is -1.74. The van der Waals surface area contributed by atoms with Gasteiger partial charge < -0.3 is 5.11 Å². The highest BCUT2D eigenvalue weighted by Gasteiger charge is 2.00. The molecule has 1 aromatic heterocycles. The molecular formula is C11H9ClOS2. The molecule has 0 fully saturated rings. The van der Waals surface area contributed by atoms with Crippen molar-refractivity contribution in [3.8, 4) is 5.75 Å². The Labute approximate surface area is 102 Å². The summed E-state index contributed by atoms with van der Waals surface area (Å²) in [6, 6.07) is 11.2. The molecule has 0 atom stereocenters. The van der Waals surface area contributed by atoms with Crippen LogP contribution in [-0.2, 0) is 5.75 Å². The number of aromatic hydroxyl groups is 1. The molecule has 1 N–H and O–H groups in total. The molecule has 0 aliphatic rings. The summed E-state index contributed by atoms with van der Waals surface area (Å²) in [5.41, 5.74) is 0. The van der Waals surface area contributed by atoms with Gasteiger partial charge in [0.05, 0.1) is 4.34 Å². The van der Waals surface area contributed by atoms with Gasteiger partial charge in [-0.1, -0.05) is 17.7 Å². The molecule has 0 aliphatic heterocycles. The van der Waals surface area contributed by atoms with Crippen molar-refractivity contribution in [2.75, 3.05) is 0 Å². The van der Waals surface area contributed by atoms with Crippen LogP contribution < -0.4 is 0 Å². The molecule has 2 aromatic rings. The monoisotopic (exact) mass is 256 g/mol. The second-order valence-electron chi connectivity index (χ2n) is 2.99. The normalized spacial score (nSPS) is 10.5. The standard InChI is InChI=1S/C11H9ClOS2/c12-11-5-4-10(15-11)7-14-9-3-1-2-8(13)6-9/h1-6,13H,7H2. The minimum absolute atomic E-state index is 0.309. The maximum Gasteiger partial charge on any atom is 0.116 e. The first-order valence-electron chi connectivity index (χ1n) is 4.40. The van der Waals surface area contributed by atoms with Crippen LogP contribution >= 0.6 is 34.7 Å². The number of hydrogen-bond acceptors (Lipinski definition) is 3. The van der Waals surface area contributed by atoms with Crippen LogP contribution in [0.5, 0.6) is 5.75 Å². The van der Waals surface area contributed by atoms with E-state index in [4.69, 9.17) is 11.6 Å². The average Bonchev–Trinajstić information content (AvgIpc) is 2.62. The van der Waals surface area contributed by atoms with Crippen molar-refractivity contribution in [1.82, 2.24) is 0 Å². The number of halogens is 1. The Hall–Kier alpha value is -0.640. The van der Waals surface area contributed by atoms with Gasteiger partial charge in [-0.05, 0) is 30.3 Å². The smallest absolute Gasteiger partial charge is 0.116 e. The van der Waals surface area contributed by atoms with Crippen molar-refractivity contribution in [1.29, 1.82) is 0 Å². The molecular weight excluding hydrogens is 248 g/mol. The zero-order valence-corrected chi connectivity index (χ0v) is 10.2. The summed E-state index contributed by atoms with van der Waals surface area (Å²) in [4.78, 5) is 2.31. The lowest BCUT2D eigenvalue weighted by atomic mass is 10.3. The Balaban J connectivity index is 1.99. The Morgan fingerprint density at radius 1 is 1.27 bits per heavy atom. The van der Waals surface area contributed by atoms with E-state index >= 15 is 0 Å². The molecule has 0 bridgehead atoms. The Bertz CT molecular complexity index is 453. The topological polar surface area (TPSA) is 20.2 Å². The molecule has 1 nitrogen and oxygen atoms in total. The SMILES string of the molecule is Oc1cccc(SCc2ccc(Cl)s2)c1. The molecule has 1 heterocycles. The molecule has 0 unspecified atom stereocenters. The Morgan fingerprint density at radius 2 is 2.13 bits per heavy atom. The summed E-state index contributed by atoms with van der Waals surface area (Å²) < 4.78 is 0.821. The van der Waals surface area contributed by atoms with Crippen LogP contribution in [0.15, 0.2) is 41.3 Å². The van der Waals surface area contributed by atoms with Crippen LogP contribution in [0.2, 0.25) is 4.34 Å². The van der Waals surface area contributed by atoms with Crippen LogP contribution in [0.25, 0.3) is 0 Å². The first-order chi connectivity index (χ1) is 7.24. The van der Waals surface area contributed by atoms with Gasteiger partial charge in [0.25, 0.3) is 0 Å². The predicted octanol–water partition coefficient (Wildman–Crippen LogP) is 4.40. The van der Waals surface area contributed by atoms with Gasteiger partial charge in [-0.2, -0.15) is 0 Å². The first kappa shape index (κ1) is 10.9. The lowest BCUT2D eigenvalue weighted by Gasteiger charge is -1.99. The third-order valence-corrected chi connectivity index (χ3v) is 4.28. The van der Waals surface area contributed by atoms with Crippen LogP contribution in [0.3, 0.4) is 0 Å². The summed E-state index contributed by atoms with van der Waals surface area (Å²) >= 11 is 9.12. The number of thioether (sulfide) groups is 1. The molecule has 2 rings (SSSR count). The van der Waals surface area contributed by atoms with Crippen molar-refractivity contribution in [3.05, 3.63) is 45.6 Å². The molecule has 0 saturated heterocycles. The van der Waals surface area contributed by atoms with Gasteiger partial charge in [0, 0.05) is 15.5 Å². The fraction of sp³-hybridized carbons (Fsp3) is 0.0909. The van der Waals surface area contributed by atoms with Gasteiger partial charge in [0.15, 0.2) is 0 Å². The summed E-state index contributed by atoms with van der Waals surface area (Å²) in [6.45, 7) is 0. The summed E-state index contributed by atoms with van der Waals surface area (Å²) in [6.07, 6.45) is 0. The maximum atomic E-state index is 9.28. The molecule has 0 spiro atoms. The molecule has 4 heteroatoms. The van der Waals surface area contributed by atoms with E-state index in [0.717, 1.165) is 15.0 Å². The lowest BCUT2D eigenvalue weighted by molar-refractivity contribution is 0.474. The fourth-order valence-electron chi connectivity index (χ4n) is 1.16. The van der Waals surface area contributed by atoms with Crippen molar-refractivity contribution in [3.63, 3.8) is 0 Å². The maximum absolute atomic E-state index is 9.28. The van der Waals surface area contributed by atoms with E-state index < -0.39 is 0 Å². The van der Waals surface area contributed by atoms with Gasteiger partial charge in [-0.15, -0.1) is 23.1 Å². The van der Waals surface area contributed by atoms with Gasteiger partial charge in [0.2, 0.25) is 0 Å². The molecule has 78 valence electrons. The number of phenols is 1. The minimum atomic E-state index is 0.309. The van der Waals surface area contributed by atoms with Crippen LogP contribution in [-0.4, -0.2) is 5.11 Å². The van der Waals surface area contributed by atoms with Gasteiger partial charge in [-0.25, -0.2) is 0 Å². The minimum Gasteiger partial charge on any atom is -0.508 e. The Morgan fingerprint density at radius 3 is 2.80 bits per heavy atom. The van der Waals surface area contributed by atoms with Gasteiger partial charge in [0.1, 0.15) is 5.75 Å². The number of phenolic OH excluding ortho intramolecular Hbond substituents is 1.